The van der Waals surface area contributed by atoms with E-state index in [1.165, 1.54) is 6.20 Å². The molecule has 0 aliphatic carbocycles. The van der Waals surface area contributed by atoms with Crippen molar-refractivity contribution in [3.63, 3.8) is 0 Å². The zero-order chi connectivity index (χ0) is 14.0. The maximum atomic E-state index is 11.0. The van der Waals surface area contributed by atoms with Gasteiger partial charge in [-0.1, -0.05) is 20.3 Å². The summed E-state index contributed by atoms with van der Waals surface area (Å²) in [5.41, 5.74) is 5.79. The van der Waals surface area contributed by atoms with Crippen LogP contribution in [0.1, 0.15) is 33.1 Å². The molecule has 1 aromatic rings. The number of aromatic nitrogens is 2. The van der Waals surface area contributed by atoms with Crippen molar-refractivity contribution in [1.82, 2.24) is 9.97 Å². The third-order valence-corrected chi connectivity index (χ3v) is 4.09. The third kappa shape index (κ3) is 2.74. The highest BCUT2D eigenvalue weighted by Crippen LogP contribution is 2.37. The first-order valence-electron chi connectivity index (χ1n) is 6.47. The van der Waals surface area contributed by atoms with E-state index in [2.05, 4.69) is 23.8 Å². The Bertz CT molecular complexity index is 483. The molecule has 1 aromatic heterocycles. The molecule has 7 heteroatoms. The summed E-state index contributed by atoms with van der Waals surface area (Å²) in [6.07, 6.45) is 4.31. The minimum Gasteiger partial charge on any atom is -0.368 e. The van der Waals surface area contributed by atoms with Gasteiger partial charge in [-0.3, -0.25) is 10.1 Å². The summed E-state index contributed by atoms with van der Waals surface area (Å²) in [5, 5.41) is 11.0. The normalized spacial score (nSPS) is 18.3. The largest absolute Gasteiger partial charge is 0.368 e. The lowest BCUT2D eigenvalue weighted by molar-refractivity contribution is -0.384. The Kier molecular flexibility index (Phi) is 3.55. The van der Waals surface area contributed by atoms with Gasteiger partial charge in [-0.15, -0.1) is 0 Å². The molecule has 0 atom stereocenters. The molecule has 2 heterocycles. The Labute approximate surface area is 112 Å². The molecule has 0 aromatic carbocycles. The lowest BCUT2D eigenvalue weighted by Gasteiger charge is -2.39. The van der Waals surface area contributed by atoms with Crippen LogP contribution in [0.15, 0.2) is 6.20 Å². The third-order valence-electron chi connectivity index (χ3n) is 4.09. The van der Waals surface area contributed by atoms with Gasteiger partial charge in [-0.05, 0) is 18.3 Å². The SMILES string of the molecule is CCC1(C)CCN(c2nc(N)ncc2[N+](=O)[O-])CC1. The molecule has 104 valence electrons. The molecule has 0 saturated carbocycles. The number of nitro groups is 1. The van der Waals surface area contributed by atoms with E-state index in [0.717, 1.165) is 32.4 Å². The standard InChI is InChI=1S/C12H19N5O2/c1-3-12(2)4-6-16(7-5-12)10-9(17(18)19)8-14-11(13)15-10/h8H,3-7H2,1-2H3,(H2,13,14,15). The highest BCUT2D eigenvalue weighted by atomic mass is 16.6. The molecule has 0 radical (unpaired) electrons. The highest BCUT2D eigenvalue weighted by molar-refractivity contribution is 5.58. The highest BCUT2D eigenvalue weighted by Gasteiger charge is 2.31. The van der Waals surface area contributed by atoms with Gasteiger partial charge in [0.25, 0.3) is 0 Å². The van der Waals surface area contributed by atoms with Gasteiger partial charge in [0.2, 0.25) is 11.8 Å². The molecule has 1 aliphatic heterocycles. The number of piperidine rings is 1. The fraction of sp³-hybridized carbons (Fsp3) is 0.667. The van der Waals surface area contributed by atoms with Gasteiger partial charge in [-0.2, -0.15) is 4.98 Å². The monoisotopic (exact) mass is 265 g/mol. The van der Waals surface area contributed by atoms with Crippen LogP contribution in [0.25, 0.3) is 0 Å². The Hall–Kier alpha value is -1.92. The van der Waals surface area contributed by atoms with Gasteiger partial charge in [0, 0.05) is 13.1 Å². The van der Waals surface area contributed by atoms with Crippen LogP contribution < -0.4 is 10.6 Å². The number of nitrogens with zero attached hydrogens (tertiary/aromatic N) is 4. The van der Waals surface area contributed by atoms with Crippen LogP contribution in [0.4, 0.5) is 17.5 Å². The van der Waals surface area contributed by atoms with Crippen molar-refractivity contribution in [3.05, 3.63) is 16.3 Å². The van der Waals surface area contributed by atoms with E-state index < -0.39 is 4.92 Å². The Morgan fingerprint density at radius 2 is 2.16 bits per heavy atom. The molecule has 1 saturated heterocycles. The van der Waals surface area contributed by atoms with Crippen molar-refractivity contribution in [2.45, 2.75) is 33.1 Å². The van der Waals surface area contributed by atoms with Gasteiger partial charge >= 0.3 is 5.69 Å². The van der Waals surface area contributed by atoms with Gasteiger partial charge in [-0.25, -0.2) is 4.98 Å². The maximum Gasteiger partial charge on any atom is 0.329 e. The molecule has 7 nitrogen and oxygen atoms in total. The van der Waals surface area contributed by atoms with E-state index in [0.29, 0.717) is 11.2 Å². The maximum absolute atomic E-state index is 11.0. The van der Waals surface area contributed by atoms with Crippen LogP contribution in [0.5, 0.6) is 0 Å². The number of nitrogens with two attached hydrogens (primary N) is 1. The van der Waals surface area contributed by atoms with Crippen molar-refractivity contribution in [3.8, 4) is 0 Å². The van der Waals surface area contributed by atoms with E-state index in [1.54, 1.807) is 0 Å². The number of nitrogen functional groups attached to an aromatic ring is 1. The van der Waals surface area contributed by atoms with E-state index in [9.17, 15) is 10.1 Å². The predicted molar refractivity (Wildman–Crippen MR) is 72.9 cm³/mol. The fourth-order valence-electron chi connectivity index (χ4n) is 2.35. The zero-order valence-electron chi connectivity index (χ0n) is 11.3. The summed E-state index contributed by atoms with van der Waals surface area (Å²) in [6, 6.07) is 0. The van der Waals surface area contributed by atoms with Gasteiger partial charge in [0.1, 0.15) is 6.20 Å². The molecule has 0 amide bonds. The van der Waals surface area contributed by atoms with Crippen LogP contribution >= 0.6 is 0 Å². The summed E-state index contributed by atoms with van der Waals surface area (Å²) in [6.45, 7) is 5.97. The first kappa shape index (κ1) is 13.5. The minimum absolute atomic E-state index is 0.0735. The second-order valence-corrected chi connectivity index (χ2v) is 5.35. The molecular weight excluding hydrogens is 246 g/mol. The Balaban J connectivity index is 2.24. The topological polar surface area (TPSA) is 98.2 Å². The molecule has 2 N–H and O–H groups in total. The first-order valence-corrected chi connectivity index (χ1v) is 6.47. The molecule has 0 unspecified atom stereocenters. The van der Waals surface area contributed by atoms with Crippen LogP contribution in [-0.2, 0) is 0 Å². The molecular formula is C12H19N5O2. The van der Waals surface area contributed by atoms with Crippen LogP contribution in [-0.4, -0.2) is 28.0 Å². The smallest absolute Gasteiger partial charge is 0.329 e. The van der Waals surface area contributed by atoms with Gasteiger partial charge in [0.15, 0.2) is 0 Å². The number of hydrogen-bond donors (Lipinski definition) is 1. The quantitative estimate of drug-likeness (QED) is 0.662. The molecule has 19 heavy (non-hydrogen) atoms. The summed E-state index contributed by atoms with van der Waals surface area (Å²) < 4.78 is 0. The lowest BCUT2D eigenvalue weighted by Crippen LogP contribution is -2.39. The van der Waals surface area contributed by atoms with Gasteiger partial charge in [0.05, 0.1) is 4.92 Å². The number of anilines is 2. The molecule has 0 bridgehead atoms. The van der Waals surface area contributed by atoms with E-state index in [1.807, 2.05) is 4.90 Å². The number of rotatable bonds is 3. The van der Waals surface area contributed by atoms with E-state index in [4.69, 9.17) is 5.73 Å². The van der Waals surface area contributed by atoms with Crippen molar-refractivity contribution in [2.75, 3.05) is 23.7 Å². The molecule has 2 rings (SSSR count). The minimum atomic E-state index is -0.456. The summed E-state index contributed by atoms with van der Waals surface area (Å²) in [7, 11) is 0. The molecule has 1 aliphatic rings. The Morgan fingerprint density at radius 1 is 1.53 bits per heavy atom. The average molecular weight is 265 g/mol. The summed E-state index contributed by atoms with van der Waals surface area (Å²) in [5.74, 6) is 0.417. The van der Waals surface area contributed by atoms with Crippen molar-refractivity contribution in [1.29, 1.82) is 0 Å². The second-order valence-electron chi connectivity index (χ2n) is 5.35. The van der Waals surface area contributed by atoms with E-state index >= 15 is 0 Å². The van der Waals surface area contributed by atoms with Crippen LogP contribution in [0, 0.1) is 15.5 Å². The Morgan fingerprint density at radius 3 is 2.68 bits per heavy atom. The van der Waals surface area contributed by atoms with Gasteiger partial charge < -0.3 is 10.6 Å². The lowest BCUT2D eigenvalue weighted by atomic mass is 9.78. The van der Waals surface area contributed by atoms with E-state index in [-0.39, 0.29) is 11.6 Å². The number of hydrogen-bond acceptors (Lipinski definition) is 6. The van der Waals surface area contributed by atoms with Crippen molar-refractivity contribution >= 4 is 17.5 Å². The predicted octanol–water partition coefficient (Wildman–Crippen LogP) is 1.98. The van der Waals surface area contributed by atoms with Crippen LogP contribution in [0.3, 0.4) is 0 Å². The average Bonchev–Trinajstić information content (AvgIpc) is 2.39. The summed E-state index contributed by atoms with van der Waals surface area (Å²) >= 11 is 0. The molecule has 0 spiro atoms. The summed E-state index contributed by atoms with van der Waals surface area (Å²) in [4.78, 5) is 20.2. The first-order chi connectivity index (χ1) is 8.95. The molecule has 1 fully saturated rings. The zero-order valence-corrected chi connectivity index (χ0v) is 11.3. The van der Waals surface area contributed by atoms with Crippen molar-refractivity contribution in [2.24, 2.45) is 5.41 Å². The van der Waals surface area contributed by atoms with Crippen molar-refractivity contribution < 1.29 is 4.92 Å². The second kappa shape index (κ2) is 4.99. The van der Waals surface area contributed by atoms with Crippen LogP contribution in [0.2, 0.25) is 0 Å². The fourth-order valence-corrected chi connectivity index (χ4v) is 2.35.